The van der Waals surface area contributed by atoms with E-state index in [0.29, 0.717) is 11.1 Å². The van der Waals surface area contributed by atoms with Crippen molar-refractivity contribution in [2.75, 3.05) is 78.7 Å². The molecule has 6 nitrogen and oxygen atoms in total. The molecule has 0 spiro atoms. The van der Waals surface area contributed by atoms with Crippen LogP contribution in [0.1, 0.15) is 91.9 Å². The van der Waals surface area contributed by atoms with Gasteiger partial charge >= 0.3 is 0 Å². The molecule has 250 valence electrons. The summed E-state index contributed by atoms with van der Waals surface area (Å²) < 4.78 is 15.2. The van der Waals surface area contributed by atoms with Crippen molar-refractivity contribution in [3.05, 3.63) is 19.3 Å². The molecule has 6 saturated heterocycles. The minimum atomic E-state index is 0.335. The maximum atomic E-state index is 6.46. The summed E-state index contributed by atoms with van der Waals surface area (Å²) in [7, 11) is 0. The summed E-state index contributed by atoms with van der Waals surface area (Å²) in [5.74, 6) is 3.59. The number of hydrogen-bond donors (Lipinski definition) is 0. The van der Waals surface area contributed by atoms with Crippen LogP contribution in [-0.4, -0.2) is 109 Å². The van der Waals surface area contributed by atoms with Crippen molar-refractivity contribution >= 4 is 45.2 Å². The molecule has 1 aromatic carbocycles. The molecule has 6 fully saturated rings. The number of fused-ring (bicyclic) bond motifs is 6. The van der Waals surface area contributed by atoms with Gasteiger partial charge in [0.25, 0.3) is 0 Å². The lowest BCUT2D eigenvalue weighted by atomic mass is 9.72. The van der Waals surface area contributed by atoms with Crippen molar-refractivity contribution < 1.29 is 9.47 Å². The monoisotopic (exact) mass is 834 g/mol. The van der Waals surface area contributed by atoms with Gasteiger partial charge in [-0.3, -0.25) is 19.6 Å². The SMILES string of the molecule is CCCC(CC)C1(CCCOc2cc(I)c(OCCCC3(C(CC)CCC)CN4CCN3CC4)cc2I)CN2CCN1CC2. The van der Waals surface area contributed by atoms with Gasteiger partial charge in [-0.1, -0.05) is 53.4 Å². The maximum Gasteiger partial charge on any atom is 0.133 e. The predicted octanol–water partition coefficient (Wildman–Crippen LogP) is 7.61. The highest BCUT2D eigenvalue weighted by Crippen LogP contribution is 2.42. The van der Waals surface area contributed by atoms with E-state index in [1.54, 1.807) is 0 Å². The lowest BCUT2D eigenvalue weighted by molar-refractivity contribution is -0.0949. The van der Waals surface area contributed by atoms with E-state index in [9.17, 15) is 0 Å². The van der Waals surface area contributed by atoms with Gasteiger partial charge in [0.1, 0.15) is 11.5 Å². The minimum Gasteiger partial charge on any atom is -0.492 e. The highest BCUT2D eigenvalue weighted by atomic mass is 127. The number of piperazine rings is 6. The van der Waals surface area contributed by atoms with Crippen molar-refractivity contribution in [2.24, 2.45) is 11.8 Å². The Morgan fingerprint density at radius 3 is 1.32 bits per heavy atom. The summed E-state index contributed by atoms with van der Waals surface area (Å²) in [6.07, 6.45) is 12.5. The largest absolute Gasteiger partial charge is 0.492 e. The lowest BCUT2D eigenvalue weighted by Crippen LogP contribution is -2.71. The molecule has 6 aliphatic heterocycles. The molecule has 0 aliphatic carbocycles. The second kappa shape index (κ2) is 16.5. The van der Waals surface area contributed by atoms with Gasteiger partial charge in [0.2, 0.25) is 0 Å². The summed E-state index contributed by atoms with van der Waals surface area (Å²) >= 11 is 4.88. The van der Waals surface area contributed by atoms with E-state index in [-0.39, 0.29) is 0 Å². The minimum absolute atomic E-state index is 0.335. The Balaban J connectivity index is 1.14. The van der Waals surface area contributed by atoms with E-state index in [4.69, 9.17) is 9.47 Å². The van der Waals surface area contributed by atoms with Gasteiger partial charge < -0.3 is 9.47 Å². The van der Waals surface area contributed by atoms with Crippen LogP contribution in [0.2, 0.25) is 0 Å². The zero-order chi connectivity index (χ0) is 31.2. The first-order chi connectivity index (χ1) is 21.4. The molecule has 4 atom stereocenters. The number of rotatable bonds is 18. The standard InChI is InChI=1S/C36H60I2N4O2/c1-5-11-29(7-3)35(27-39-15-19-41(35)20-16-39)13-9-23-43-33-25-32(38)34(26-31(33)37)44-24-10-14-36(30(8-4)12-6-2)28-40-17-21-42(36)22-18-40/h25-26,29-30H,5-24,27-28H2,1-4H3. The van der Waals surface area contributed by atoms with E-state index in [1.165, 1.54) is 117 Å². The van der Waals surface area contributed by atoms with Crippen LogP contribution < -0.4 is 9.47 Å². The third-order valence-electron chi connectivity index (χ3n) is 11.8. The smallest absolute Gasteiger partial charge is 0.133 e. The molecule has 8 heteroatoms. The van der Waals surface area contributed by atoms with Crippen molar-refractivity contribution in [1.29, 1.82) is 0 Å². The van der Waals surface area contributed by atoms with Crippen LogP contribution in [0, 0.1) is 19.0 Å². The van der Waals surface area contributed by atoms with Crippen molar-refractivity contribution in [3.63, 3.8) is 0 Å². The average molecular weight is 835 g/mol. The third-order valence-corrected chi connectivity index (χ3v) is 13.5. The lowest BCUT2D eigenvalue weighted by Gasteiger charge is -2.59. The molecule has 44 heavy (non-hydrogen) atoms. The summed E-state index contributed by atoms with van der Waals surface area (Å²) in [6, 6.07) is 4.40. The zero-order valence-corrected chi connectivity index (χ0v) is 32.5. The number of hydrogen-bond acceptors (Lipinski definition) is 6. The topological polar surface area (TPSA) is 31.4 Å². The molecule has 6 heterocycles. The second-order valence-electron chi connectivity index (χ2n) is 14.1. The molecule has 4 unspecified atom stereocenters. The van der Waals surface area contributed by atoms with Gasteiger partial charge in [-0.2, -0.15) is 0 Å². The highest BCUT2D eigenvalue weighted by Gasteiger charge is 2.49. The van der Waals surface area contributed by atoms with Gasteiger partial charge in [-0.15, -0.1) is 0 Å². The Bertz CT molecular complexity index is 963. The zero-order valence-electron chi connectivity index (χ0n) is 28.2. The van der Waals surface area contributed by atoms with Crippen LogP contribution in [0.3, 0.4) is 0 Å². The fourth-order valence-corrected chi connectivity index (χ4v) is 10.8. The third kappa shape index (κ3) is 7.71. The van der Waals surface area contributed by atoms with Crippen molar-refractivity contribution in [1.82, 2.24) is 19.6 Å². The highest BCUT2D eigenvalue weighted by molar-refractivity contribution is 14.1. The molecular formula is C36H60I2N4O2. The first-order valence-corrected chi connectivity index (χ1v) is 20.2. The Morgan fingerprint density at radius 2 is 1.02 bits per heavy atom. The summed E-state index contributed by atoms with van der Waals surface area (Å²) in [4.78, 5) is 11.2. The first-order valence-electron chi connectivity index (χ1n) is 18.1. The summed E-state index contributed by atoms with van der Waals surface area (Å²) in [5, 5.41) is 0. The van der Waals surface area contributed by atoms with Gasteiger partial charge in [-0.05, 0) is 108 Å². The van der Waals surface area contributed by atoms with Crippen LogP contribution in [0.25, 0.3) is 0 Å². The van der Waals surface area contributed by atoms with E-state index in [2.05, 4.69) is 105 Å². The number of benzene rings is 1. The van der Waals surface area contributed by atoms with Crippen LogP contribution in [0.5, 0.6) is 11.5 Å². The second-order valence-corrected chi connectivity index (χ2v) is 16.5. The van der Waals surface area contributed by atoms with Gasteiger partial charge in [0.05, 0.1) is 20.4 Å². The normalized spacial score (nSPS) is 32.5. The molecule has 4 bridgehead atoms. The quantitative estimate of drug-likeness (QED) is 0.112. The van der Waals surface area contributed by atoms with E-state index in [0.717, 1.165) is 56.5 Å². The van der Waals surface area contributed by atoms with Crippen LogP contribution in [-0.2, 0) is 0 Å². The van der Waals surface area contributed by atoms with E-state index >= 15 is 0 Å². The fourth-order valence-electron chi connectivity index (χ4n) is 9.59. The Morgan fingerprint density at radius 1 is 0.636 bits per heavy atom. The van der Waals surface area contributed by atoms with Gasteiger partial charge in [-0.25, -0.2) is 0 Å². The average Bonchev–Trinajstić information content (AvgIpc) is 3.05. The number of ether oxygens (including phenoxy) is 2. The van der Waals surface area contributed by atoms with Gasteiger partial charge in [0, 0.05) is 76.5 Å². The summed E-state index contributed by atoms with van der Waals surface area (Å²) in [6.45, 7) is 23.6. The number of halogens is 2. The summed E-state index contributed by atoms with van der Waals surface area (Å²) in [5.41, 5.74) is 0.670. The first kappa shape index (κ1) is 35.4. The van der Waals surface area contributed by atoms with Crippen LogP contribution in [0.4, 0.5) is 0 Å². The van der Waals surface area contributed by atoms with Crippen molar-refractivity contribution in [3.8, 4) is 11.5 Å². The molecule has 1 aromatic rings. The van der Waals surface area contributed by atoms with Crippen LogP contribution >= 0.6 is 45.2 Å². The van der Waals surface area contributed by atoms with E-state index in [1.807, 2.05) is 0 Å². The molecule has 0 amide bonds. The molecule has 0 radical (unpaired) electrons. The van der Waals surface area contributed by atoms with E-state index < -0.39 is 0 Å². The molecule has 0 N–H and O–H groups in total. The molecule has 0 saturated carbocycles. The van der Waals surface area contributed by atoms with Gasteiger partial charge in [0.15, 0.2) is 0 Å². The van der Waals surface area contributed by atoms with Crippen LogP contribution in [0.15, 0.2) is 12.1 Å². The molecular weight excluding hydrogens is 774 g/mol. The predicted molar refractivity (Wildman–Crippen MR) is 200 cm³/mol. The Labute approximate surface area is 296 Å². The number of nitrogens with zero attached hydrogens (tertiary/aromatic N) is 4. The maximum absolute atomic E-state index is 6.46. The molecule has 6 aliphatic rings. The Kier molecular flexibility index (Phi) is 13.3. The molecule has 7 rings (SSSR count). The Hall–Kier alpha value is 0.120. The van der Waals surface area contributed by atoms with Crippen molar-refractivity contribution in [2.45, 2.75) is 103 Å². The fraction of sp³-hybridized carbons (Fsp3) is 0.833. The molecule has 0 aromatic heterocycles.